The molecule has 0 fully saturated rings. The van der Waals surface area contributed by atoms with Gasteiger partial charge in [0.05, 0.1) is 11.0 Å². The van der Waals surface area contributed by atoms with Crippen LogP contribution in [0.5, 0.6) is 0 Å². The lowest BCUT2D eigenvalue weighted by Crippen LogP contribution is -2.12. The summed E-state index contributed by atoms with van der Waals surface area (Å²) < 4.78 is 14.9. The van der Waals surface area contributed by atoms with Crippen molar-refractivity contribution in [1.29, 1.82) is 0 Å². The minimum absolute atomic E-state index is 0.162. The van der Waals surface area contributed by atoms with Gasteiger partial charge in [-0.1, -0.05) is 24.3 Å². The van der Waals surface area contributed by atoms with E-state index in [0.29, 0.717) is 12.2 Å². The van der Waals surface area contributed by atoms with Crippen LogP contribution in [0.25, 0.3) is 11.0 Å². The Bertz CT molecular complexity index is 811. The van der Waals surface area contributed by atoms with E-state index in [-0.39, 0.29) is 12.4 Å². The molecule has 1 heterocycles. The molecular weight excluding hydrogens is 271 g/mol. The maximum Gasteiger partial charge on any atom is 0.323 e. The van der Waals surface area contributed by atoms with Crippen LogP contribution in [0.1, 0.15) is 11.4 Å². The van der Waals surface area contributed by atoms with Gasteiger partial charge in [0.15, 0.2) is 0 Å². The van der Waals surface area contributed by atoms with Gasteiger partial charge in [0.25, 0.3) is 0 Å². The number of aliphatic carboxylic acids is 1. The van der Waals surface area contributed by atoms with E-state index >= 15 is 0 Å². The van der Waals surface area contributed by atoms with Gasteiger partial charge in [0.1, 0.15) is 18.2 Å². The van der Waals surface area contributed by atoms with Gasteiger partial charge in [-0.05, 0) is 29.8 Å². The average Bonchev–Trinajstić information content (AvgIpc) is 2.76. The van der Waals surface area contributed by atoms with Crippen LogP contribution >= 0.6 is 0 Å². The number of para-hydroxylation sites is 2. The second kappa shape index (κ2) is 5.36. The second-order valence-corrected chi connectivity index (χ2v) is 4.80. The minimum atomic E-state index is -0.932. The van der Waals surface area contributed by atoms with Crippen LogP contribution in [-0.4, -0.2) is 20.6 Å². The van der Waals surface area contributed by atoms with E-state index in [1.165, 1.54) is 12.1 Å². The third-order valence-corrected chi connectivity index (χ3v) is 3.28. The number of imidazole rings is 1. The first-order valence-electron chi connectivity index (χ1n) is 6.54. The van der Waals surface area contributed by atoms with Crippen molar-refractivity contribution in [2.45, 2.75) is 13.0 Å². The van der Waals surface area contributed by atoms with E-state index in [0.717, 1.165) is 16.6 Å². The number of halogens is 1. The lowest BCUT2D eigenvalue weighted by atomic mass is 10.1. The first-order valence-corrected chi connectivity index (χ1v) is 6.54. The van der Waals surface area contributed by atoms with Crippen molar-refractivity contribution < 1.29 is 14.3 Å². The fraction of sp³-hybridized carbons (Fsp3) is 0.125. The quantitative estimate of drug-likeness (QED) is 0.801. The molecular formula is C16H13FN2O2. The first-order chi connectivity index (χ1) is 10.1. The molecule has 0 spiro atoms. The van der Waals surface area contributed by atoms with Crippen LogP contribution in [0, 0.1) is 5.82 Å². The van der Waals surface area contributed by atoms with Crippen molar-refractivity contribution in [2.75, 3.05) is 0 Å². The normalized spacial score (nSPS) is 10.9. The fourth-order valence-electron chi connectivity index (χ4n) is 2.40. The summed E-state index contributed by atoms with van der Waals surface area (Å²) in [6.45, 7) is -0.162. The predicted molar refractivity (Wildman–Crippen MR) is 76.6 cm³/mol. The maximum absolute atomic E-state index is 13.3. The molecule has 2 aromatic carbocycles. The zero-order valence-electron chi connectivity index (χ0n) is 11.2. The lowest BCUT2D eigenvalue weighted by Gasteiger charge is -2.06. The molecule has 106 valence electrons. The standard InChI is InChI=1S/C16H13FN2O2/c17-12-5-3-4-11(8-12)9-15-18-13-6-1-2-7-14(13)19(15)10-16(20)21/h1-8H,9-10H2,(H,20,21). The van der Waals surface area contributed by atoms with Gasteiger partial charge in [-0.15, -0.1) is 0 Å². The molecule has 1 N–H and O–H groups in total. The van der Waals surface area contributed by atoms with E-state index < -0.39 is 5.97 Å². The van der Waals surface area contributed by atoms with Crippen LogP contribution < -0.4 is 0 Å². The number of hydrogen-bond acceptors (Lipinski definition) is 2. The Hall–Kier alpha value is -2.69. The Morgan fingerprint density at radius 1 is 1.19 bits per heavy atom. The van der Waals surface area contributed by atoms with Gasteiger partial charge in [0, 0.05) is 6.42 Å². The summed E-state index contributed by atoms with van der Waals surface area (Å²) in [5, 5.41) is 9.07. The van der Waals surface area contributed by atoms with E-state index in [4.69, 9.17) is 5.11 Å². The van der Waals surface area contributed by atoms with Gasteiger partial charge in [-0.25, -0.2) is 9.37 Å². The summed E-state index contributed by atoms with van der Waals surface area (Å²) in [6.07, 6.45) is 0.389. The molecule has 3 aromatic rings. The third-order valence-electron chi connectivity index (χ3n) is 3.28. The fourth-order valence-corrected chi connectivity index (χ4v) is 2.40. The highest BCUT2D eigenvalue weighted by molar-refractivity contribution is 5.78. The molecule has 0 unspecified atom stereocenters. The topological polar surface area (TPSA) is 55.1 Å². The van der Waals surface area contributed by atoms with Crippen molar-refractivity contribution in [3.63, 3.8) is 0 Å². The molecule has 0 saturated heterocycles. The summed E-state index contributed by atoms with van der Waals surface area (Å²) >= 11 is 0. The summed E-state index contributed by atoms with van der Waals surface area (Å²) in [6, 6.07) is 13.6. The van der Waals surface area contributed by atoms with Gasteiger partial charge >= 0.3 is 5.97 Å². The molecule has 0 aliphatic heterocycles. The smallest absolute Gasteiger partial charge is 0.323 e. The van der Waals surface area contributed by atoms with Gasteiger partial charge in [0.2, 0.25) is 0 Å². The summed E-state index contributed by atoms with van der Waals surface area (Å²) in [5.74, 6) is -0.628. The second-order valence-electron chi connectivity index (χ2n) is 4.80. The zero-order valence-corrected chi connectivity index (χ0v) is 11.2. The number of carboxylic acids is 1. The van der Waals surface area contributed by atoms with Crippen LogP contribution in [-0.2, 0) is 17.8 Å². The number of benzene rings is 2. The van der Waals surface area contributed by atoms with E-state index in [1.807, 2.05) is 24.3 Å². The molecule has 0 saturated carbocycles. The van der Waals surface area contributed by atoms with Crippen molar-refractivity contribution in [1.82, 2.24) is 9.55 Å². The number of fused-ring (bicyclic) bond motifs is 1. The Kier molecular flexibility index (Phi) is 3.39. The summed E-state index contributed by atoms with van der Waals surface area (Å²) in [5.41, 5.74) is 2.27. The zero-order chi connectivity index (χ0) is 14.8. The van der Waals surface area contributed by atoms with Crippen molar-refractivity contribution in [3.05, 3.63) is 65.7 Å². The number of nitrogens with zero attached hydrogens (tertiary/aromatic N) is 2. The number of aromatic nitrogens is 2. The van der Waals surface area contributed by atoms with Gasteiger partial charge in [-0.3, -0.25) is 4.79 Å². The highest BCUT2D eigenvalue weighted by atomic mass is 19.1. The van der Waals surface area contributed by atoms with Gasteiger partial charge in [-0.2, -0.15) is 0 Å². The molecule has 0 radical (unpaired) electrons. The van der Waals surface area contributed by atoms with Crippen LogP contribution in [0.2, 0.25) is 0 Å². The Labute approximate surface area is 120 Å². The summed E-state index contributed by atoms with van der Waals surface area (Å²) in [4.78, 5) is 15.5. The highest BCUT2D eigenvalue weighted by Gasteiger charge is 2.13. The van der Waals surface area contributed by atoms with Crippen LogP contribution in [0.3, 0.4) is 0 Å². The Morgan fingerprint density at radius 3 is 2.76 bits per heavy atom. The van der Waals surface area contributed by atoms with Crippen molar-refractivity contribution in [2.24, 2.45) is 0 Å². The Balaban J connectivity index is 2.06. The van der Waals surface area contributed by atoms with Crippen LogP contribution in [0.4, 0.5) is 4.39 Å². The molecule has 1 aromatic heterocycles. The van der Waals surface area contributed by atoms with Crippen molar-refractivity contribution in [3.8, 4) is 0 Å². The number of carboxylic acid groups (broad SMARTS) is 1. The van der Waals surface area contributed by atoms with E-state index in [1.54, 1.807) is 16.7 Å². The number of carbonyl (C=O) groups is 1. The largest absolute Gasteiger partial charge is 0.480 e. The first kappa shape index (κ1) is 13.3. The SMILES string of the molecule is O=C(O)Cn1c(Cc2cccc(F)c2)nc2ccccc21. The van der Waals surface area contributed by atoms with Crippen molar-refractivity contribution >= 4 is 17.0 Å². The van der Waals surface area contributed by atoms with E-state index in [9.17, 15) is 9.18 Å². The number of hydrogen-bond donors (Lipinski definition) is 1. The third kappa shape index (κ3) is 2.76. The molecule has 5 heteroatoms. The maximum atomic E-state index is 13.3. The predicted octanol–water partition coefficient (Wildman–Crippen LogP) is 2.85. The highest BCUT2D eigenvalue weighted by Crippen LogP contribution is 2.19. The summed E-state index contributed by atoms with van der Waals surface area (Å²) in [7, 11) is 0. The Morgan fingerprint density at radius 2 is 2.00 bits per heavy atom. The molecule has 0 aliphatic rings. The van der Waals surface area contributed by atoms with Crippen LogP contribution in [0.15, 0.2) is 48.5 Å². The lowest BCUT2D eigenvalue weighted by molar-refractivity contribution is -0.137. The minimum Gasteiger partial charge on any atom is -0.480 e. The molecule has 3 rings (SSSR count). The molecule has 0 bridgehead atoms. The average molecular weight is 284 g/mol. The number of rotatable bonds is 4. The molecule has 4 nitrogen and oxygen atoms in total. The monoisotopic (exact) mass is 284 g/mol. The van der Waals surface area contributed by atoms with Gasteiger partial charge < -0.3 is 9.67 Å². The molecule has 0 atom stereocenters. The van der Waals surface area contributed by atoms with E-state index in [2.05, 4.69) is 4.98 Å². The molecule has 0 amide bonds. The molecule has 0 aliphatic carbocycles. The molecule has 21 heavy (non-hydrogen) atoms.